The number of esters is 3. The number of nitrogens with zero attached hydrogens (tertiary/aromatic N) is 1. The number of hydrogen-bond acceptors (Lipinski definition) is 16. The summed E-state index contributed by atoms with van der Waals surface area (Å²) in [6.07, 6.45) is 0.0180. The van der Waals surface area contributed by atoms with Crippen LogP contribution in [0.1, 0.15) is 117 Å². The summed E-state index contributed by atoms with van der Waals surface area (Å²) >= 11 is 14.4. The van der Waals surface area contributed by atoms with E-state index >= 15 is 0 Å². The normalized spacial score (nSPS) is 13.3. The van der Waals surface area contributed by atoms with Crippen LogP contribution < -0.4 is 0 Å². The number of ketones is 4. The molecule has 19 heteroatoms. The second-order valence-electron chi connectivity index (χ2n) is 11.3. The fraction of sp³-hybridized carbons (Fsp3) is 0.351. The van der Waals surface area contributed by atoms with Gasteiger partial charge in [-0.05, 0) is 54.7 Å². The highest BCUT2D eigenvalue weighted by molar-refractivity contribution is 7.18. The van der Waals surface area contributed by atoms with E-state index in [0.29, 0.717) is 51.5 Å². The van der Waals surface area contributed by atoms with Gasteiger partial charge in [0.05, 0.1) is 57.1 Å². The van der Waals surface area contributed by atoms with Crippen LogP contribution in [0, 0.1) is 0 Å². The molecule has 1 aliphatic heterocycles. The summed E-state index contributed by atoms with van der Waals surface area (Å²) in [7, 11) is 0. The van der Waals surface area contributed by atoms with Crippen molar-refractivity contribution >= 4 is 116 Å². The Hall–Kier alpha value is -3.94. The first-order chi connectivity index (χ1) is 26.7. The van der Waals surface area contributed by atoms with Crippen molar-refractivity contribution in [3.05, 3.63) is 86.5 Å². The number of cyclic esters (lactones) is 2. The van der Waals surface area contributed by atoms with E-state index in [1.165, 1.54) is 53.6 Å². The van der Waals surface area contributed by atoms with Crippen molar-refractivity contribution in [1.29, 1.82) is 0 Å². The maximum atomic E-state index is 12.3. The van der Waals surface area contributed by atoms with Crippen LogP contribution in [0.25, 0.3) is 0 Å². The van der Waals surface area contributed by atoms with Gasteiger partial charge >= 0.3 is 23.9 Å². The monoisotopic (exact) mass is 885 g/mol. The lowest BCUT2D eigenvalue weighted by atomic mass is 9.95. The molecule has 300 valence electrons. The summed E-state index contributed by atoms with van der Waals surface area (Å²) in [4.78, 5) is 95.9. The second kappa shape index (κ2) is 22.7. The van der Waals surface area contributed by atoms with Crippen molar-refractivity contribution < 1.29 is 58.0 Å². The van der Waals surface area contributed by atoms with Crippen LogP contribution >= 0.6 is 68.5 Å². The Kier molecular flexibility index (Phi) is 18.8. The van der Waals surface area contributed by atoms with E-state index < -0.39 is 23.9 Å². The van der Waals surface area contributed by atoms with Crippen LogP contribution in [0.3, 0.4) is 0 Å². The number of carboxylic acids is 1. The van der Waals surface area contributed by atoms with Gasteiger partial charge in [-0.15, -0.1) is 68.5 Å². The molecule has 0 saturated carbocycles. The Bertz CT molecular complexity index is 1960. The van der Waals surface area contributed by atoms with E-state index in [9.17, 15) is 38.4 Å². The number of fused-ring (bicyclic) bond motifs is 4. The molecule has 3 aliphatic rings. The summed E-state index contributed by atoms with van der Waals surface area (Å²) in [5, 5.41) is 21.2. The van der Waals surface area contributed by atoms with Crippen LogP contribution in [0.2, 0.25) is 0 Å². The summed E-state index contributed by atoms with van der Waals surface area (Å²) in [6, 6.07) is 6.48. The number of aliphatic hydroxyl groups excluding tert-OH is 1. The number of alkyl halides is 2. The van der Waals surface area contributed by atoms with E-state index in [0.717, 1.165) is 11.3 Å². The number of rotatable bonds is 9. The van der Waals surface area contributed by atoms with E-state index in [1.54, 1.807) is 35.0 Å². The quantitative estimate of drug-likeness (QED) is 0.0841. The minimum Gasteiger partial charge on any atom is -0.481 e. The Balaban J connectivity index is 0.000000219. The van der Waals surface area contributed by atoms with Crippen molar-refractivity contribution in [3.63, 3.8) is 0 Å². The summed E-state index contributed by atoms with van der Waals surface area (Å²) < 4.78 is 9.06. The molecule has 7 rings (SSSR count). The first-order valence-corrected chi connectivity index (χ1v) is 21.4. The van der Waals surface area contributed by atoms with Crippen molar-refractivity contribution in [2.75, 3.05) is 25.0 Å². The molecule has 2 N–H and O–H groups in total. The molecule has 2 aliphatic carbocycles. The maximum Gasteiger partial charge on any atom is 0.314 e. The number of ether oxygens (including phenoxy) is 2. The van der Waals surface area contributed by atoms with Crippen LogP contribution in [0.15, 0.2) is 35.0 Å². The number of hydrogen-bond donors (Lipinski definition) is 2. The van der Waals surface area contributed by atoms with Crippen molar-refractivity contribution in [2.24, 2.45) is 0 Å². The molecule has 13 nitrogen and oxygen atoms in total. The standard InChI is InChI=1S/C15H10O6S2.C11H6O3S2.C6H15N.C4H4O3.CH2Cl2/c16-10(17)1-2-11(18)21-6-7-5-9-12(19)8-3-4-22-14(8)13(20)15(9)23-7;12-4-5-3-7-8(13)6-1-2-15-10(6)9(14)11(7)16-5;1-4-7(5-2)6-3;5-3-1-2-4(6)7-3;2-1-3/h3-5H,1-2,6H2,(H,16,17);1-3,12H,4H2;4-6H2,1-3H3;1-2H2;1H2. The van der Waals surface area contributed by atoms with Crippen molar-refractivity contribution in [3.8, 4) is 0 Å². The lowest BCUT2D eigenvalue weighted by molar-refractivity contribution is -0.152. The predicted molar refractivity (Wildman–Crippen MR) is 214 cm³/mol. The number of carbonyl (C=O) groups is 8. The molecular weight excluding hydrogens is 850 g/mol. The number of carboxylic acid groups (broad SMARTS) is 1. The Morgan fingerprint density at radius 3 is 1.54 bits per heavy atom. The van der Waals surface area contributed by atoms with E-state index in [-0.39, 0.29) is 67.4 Å². The Morgan fingerprint density at radius 1 is 0.714 bits per heavy atom. The Morgan fingerprint density at radius 2 is 1.16 bits per heavy atom. The minimum absolute atomic E-state index is 0.0790. The summed E-state index contributed by atoms with van der Waals surface area (Å²) in [5.74, 6) is -3.08. The van der Waals surface area contributed by atoms with E-state index in [4.69, 9.17) is 38.2 Å². The molecule has 0 unspecified atom stereocenters. The molecule has 5 heterocycles. The molecule has 0 radical (unpaired) electrons. The highest BCUT2D eigenvalue weighted by atomic mass is 35.5. The molecule has 56 heavy (non-hydrogen) atoms. The highest BCUT2D eigenvalue weighted by Gasteiger charge is 2.34. The van der Waals surface area contributed by atoms with Gasteiger partial charge < -0.3 is 24.6 Å². The smallest absolute Gasteiger partial charge is 0.314 e. The summed E-state index contributed by atoms with van der Waals surface area (Å²) in [5.41, 5.74) is 1.67. The predicted octanol–water partition coefficient (Wildman–Crippen LogP) is 7.19. The fourth-order valence-electron chi connectivity index (χ4n) is 5.07. The number of thiophene rings is 4. The first kappa shape index (κ1) is 46.4. The van der Waals surface area contributed by atoms with E-state index in [2.05, 4.69) is 30.4 Å². The number of carbonyl (C=O) groups excluding carboxylic acids is 7. The number of aliphatic hydroxyl groups is 1. The Labute approximate surface area is 347 Å². The average Bonchev–Trinajstić information content (AvgIpc) is 4.03. The van der Waals surface area contributed by atoms with Gasteiger partial charge in [0.2, 0.25) is 11.6 Å². The average molecular weight is 887 g/mol. The maximum absolute atomic E-state index is 12.3. The third-order valence-corrected chi connectivity index (χ3v) is 11.9. The van der Waals surface area contributed by atoms with Gasteiger partial charge in [0.1, 0.15) is 6.61 Å². The van der Waals surface area contributed by atoms with Crippen LogP contribution in [-0.2, 0) is 41.9 Å². The van der Waals surface area contributed by atoms with Gasteiger partial charge in [0, 0.05) is 32.0 Å². The molecule has 0 spiro atoms. The van der Waals surface area contributed by atoms with E-state index in [1.807, 2.05) is 0 Å². The molecule has 0 bridgehead atoms. The second-order valence-corrected chi connectivity index (χ2v) is 16.2. The molecule has 1 fully saturated rings. The topological polar surface area (TPSA) is 199 Å². The van der Waals surface area contributed by atoms with Gasteiger partial charge in [0.15, 0.2) is 11.6 Å². The van der Waals surface area contributed by atoms with Gasteiger partial charge in [-0.2, -0.15) is 0 Å². The third kappa shape index (κ3) is 12.3. The van der Waals surface area contributed by atoms with Gasteiger partial charge in [0.25, 0.3) is 0 Å². The minimum atomic E-state index is -1.07. The number of aliphatic carboxylic acids is 1. The molecule has 0 aromatic carbocycles. The first-order valence-electron chi connectivity index (χ1n) is 16.9. The molecular formula is C37H37Cl2NO12S4. The molecule has 0 amide bonds. The van der Waals surface area contributed by atoms with Crippen LogP contribution in [0.4, 0.5) is 0 Å². The molecule has 0 atom stereocenters. The molecule has 4 aromatic heterocycles. The lowest BCUT2D eigenvalue weighted by Gasteiger charge is -2.13. The lowest BCUT2D eigenvalue weighted by Crippen LogP contribution is -2.21. The fourth-order valence-corrected chi connectivity index (χ4v) is 8.85. The third-order valence-electron chi connectivity index (χ3n) is 7.88. The van der Waals surface area contributed by atoms with Crippen molar-refractivity contribution in [2.45, 2.75) is 59.7 Å². The van der Waals surface area contributed by atoms with Gasteiger partial charge in [-0.25, -0.2) is 0 Å². The zero-order valence-corrected chi connectivity index (χ0v) is 35.1. The molecule has 4 aromatic rings. The van der Waals surface area contributed by atoms with Crippen LogP contribution in [-0.4, -0.2) is 87.1 Å². The zero-order chi connectivity index (χ0) is 41.5. The van der Waals surface area contributed by atoms with Crippen LogP contribution in [0.5, 0.6) is 0 Å². The SMILES string of the molecule is CCN(CC)CC.ClCCl.O=C(O)CCC(=O)OCc1cc2c(s1)C(=O)c1sccc1C2=O.O=C1CCC(=O)O1.O=C1c2ccsc2C(=O)c2sc(CO)cc21. The largest absolute Gasteiger partial charge is 0.481 e. The number of halogens is 2. The van der Waals surface area contributed by atoms with Gasteiger partial charge in [-0.3, -0.25) is 38.4 Å². The van der Waals surface area contributed by atoms with Gasteiger partial charge in [-0.1, -0.05) is 20.8 Å². The molecule has 1 saturated heterocycles. The van der Waals surface area contributed by atoms with Crippen molar-refractivity contribution in [1.82, 2.24) is 4.90 Å². The zero-order valence-electron chi connectivity index (χ0n) is 30.3. The highest BCUT2D eigenvalue weighted by Crippen LogP contribution is 2.37. The summed E-state index contributed by atoms with van der Waals surface area (Å²) in [6.45, 7) is 9.91.